The summed E-state index contributed by atoms with van der Waals surface area (Å²) >= 11 is 0. The van der Waals surface area contributed by atoms with Crippen LogP contribution in [0.15, 0.2) is 36.4 Å². The monoisotopic (exact) mass is 310 g/mol. The van der Waals surface area contributed by atoms with E-state index in [0.717, 1.165) is 11.1 Å². The van der Waals surface area contributed by atoms with Crippen molar-refractivity contribution in [2.24, 2.45) is 0 Å². The zero-order valence-corrected chi connectivity index (χ0v) is 13.3. The fourth-order valence-electron chi connectivity index (χ4n) is 2.52. The van der Waals surface area contributed by atoms with Gasteiger partial charge in [0.2, 0.25) is 0 Å². The van der Waals surface area contributed by atoms with Gasteiger partial charge < -0.3 is 15.0 Å². The fourth-order valence-corrected chi connectivity index (χ4v) is 2.52. The molecule has 0 spiro atoms. The Balaban J connectivity index is 1.93. The van der Waals surface area contributed by atoms with Crippen molar-refractivity contribution in [2.75, 3.05) is 23.9 Å². The Labute approximate surface area is 134 Å². The van der Waals surface area contributed by atoms with Crippen molar-refractivity contribution in [3.63, 3.8) is 0 Å². The van der Waals surface area contributed by atoms with E-state index < -0.39 is 0 Å². The van der Waals surface area contributed by atoms with E-state index in [2.05, 4.69) is 5.32 Å². The van der Waals surface area contributed by atoms with Crippen LogP contribution in [-0.2, 0) is 4.79 Å². The van der Waals surface area contributed by atoms with Crippen LogP contribution in [0.25, 0.3) is 0 Å². The van der Waals surface area contributed by atoms with Crippen LogP contribution < -0.4 is 15.0 Å². The molecular weight excluding hydrogens is 292 g/mol. The Morgan fingerprint density at radius 1 is 1.17 bits per heavy atom. The third-order valence-electron chi connectivity index (χ3n) is 4.08. The second-order valence-electron chi connectivity index (χ2n) is 5.65. The summed E-state index contributed by atoms with van der Waals surface area (Å²) in [6.45, 7) is 3.98. The number of anilines is 2. The van der Waals surface area contributed by atoms with E-state index in [9.17, 15) is 9.59 Å². The van der Waals surface area contributed by atoms with Crippen LogP contribution in [0.5, 0.6) is 5.75 Å². The molecule has 0 bridgehead atoms. The van der Waals surface area contributed by atoms with Gasteiger partial charge in [-0.3, -0.25) is 9.59 Å². The van der Waals surface area contributed by atoms with Crippen molar-refractivity contribution in [3.8, 4) is 5.75 Å². The van der Waals surface area contributed by atoms with Crippen molar-refractivity contribution in [2.45, 2.75) is 13.8 Å². The van der Waals surface area contributed by atoms with E-state index in [1.807, 2.05) is 26.0 Å². The van der Waals surface area contributed by atoms with Crippen molar-refractivity contribution in [3.05, 3.63) is 53.1 Å². The van der Waals surface area contributed by atoms with Gasteiger partial charge in [-0.25, -0.2) is 0 Å². The number of carbonyl (C=O) groups excluding carboxylic acids is 2. The van der Waals surface area contributed by atoms with Gasteiger partial charge in [0.05, 0.1) is 5.69 Å². The topological polar surface area (TPSA) is 58.6 Å². The van der Waals surface area contributed by atoms with Gasteiger partial charge in [0.15, 0.2) is 6.61 Å². The fraction of sp³-hybridized carbons (Fsp3) is 0.222. The molecular formula is C18H18N2O3. The Morgan fingerprint density at radius 2 is 1.96 bits per heavy atom. The van der Waals surface area contributed by atoms with Crippen LogP contribution in [-0.4, -0.2) is 25.5 Å². The van der Waals surface area contributed by atoms with Gasteiger partial charge in [-0.1, -0.05) is 12.1 Å². The van der Waals surface area contributed by atoms with Gasteiger partial charge in [-0.05, 0) is 49.2 Å². The number of nitrogens with zero attached hydrogens (tertiary/aromatic N) is 1. The van der Waals surface area contributed by atoms with Crippen LogP contribution in [0.3, 0.4) is 0 Å². The lowest BCUT2D eigenvalue weighted by Gasteiger charge is -2.28. The summed E-state index contributed by atoms with van der Waals surface area (Å²) in [6.07, 6.45) is 0. The molecule has 23 heavy (non-hydrogen) atoms. The lowest BCUT2D eigenvalue weighted by atomic mass is 10.1. The average molecular weight is 310 g/mol. The Bertz CT molecular complexity index is 799. The number of ether oxygens (including phenoxy) is 1. The van der Waals surface area contributed by atoms with Gasteiger partial charge in [0.25, 0.3) is 11.8 Å². The second kappa shape index (κ2) is 5.76. The summed E-state index contributed by atoms with van der Waals surface area (Å²) < 4.78 is 5.43. The quantitative estimate of drug-likeness (QED) is 0.928. The van der Waals surface area contributed by atoms with E-state index >= 15 is 0 Å². The summed E-state index contributed by atoms with van der Waals surface area (Å²) in [6, 6.07) is 10.9. The number of para-hydroxylation sites is 1. The Kier molecular flexibility index (Phi) is 3.78. The molecule has 1 aliphatic heterocycles. The lowest BCUT2D eigenvalue weighted by molar-refractivity contribution is -0.120. The van der Waals surface area contributed by atoms with Gasteiger partial charge >= 0.3 is 0 Å². The lowest BCUT2D eigenvalue weighted by Crippen LogP contribution is -2.36. The van der Waals surface area contributed by atoms with E-state index in [4.69, 9.17) is 4.74 Å². The molecule has 118 valence electrons. The molecule has 2 amide bonds. The zero-order valence-electron chi connectivity index (χ0n) is 13.3. The minimum Gasteiger partial charge on any atom is -0.481 e. The number of likely N-dealkylation sites (N-methyl/N-ethyl adjacent to an activating group) is 1. The van der Waals surface area contributed by atoms with Gasteiger partial charge in [-0.2, -0.15) is 0 Å². The largest absolute Gasteiger partial charge is 0.481 e. The molecule has 0 aliphatic carbocycles. The third kappa shape index (κ3) is 2.77. The number of benzene rings is 2. The van der Waals surface area contributed by atoms with Crippen LogP contribution in [0.2, 0.25) is 0 Å². The molecule has 2 aromatic carbocycles. The predicted molar refractivity (Wildman–Crippen MR) is 89.2 cm³/mol. The molecule has 0 atom stereocenters. The summed E-state index contributed by atoms with van der Waals surface area (Å²) in [4.78, 5) is 25.8. The maximum absolute atomic E-state index is 12.5. The van der Waals surface area contributed by atoms with Gasteiger partial charge in [-0.15, -0.1) is 0 Å². The van der Waals surface area contributed by atoms with Crippen molar-refractivity contribution >= 4 is 23.2 Å². The molecule has 1 aliphatic rings. The molecule has 5 heteroatoms. The first-order valence-corrected chi connectivity index (χ1v) is 7.38. The zero-order chi connectivity index (χ0) is 16.6. The Morgan fingerprint density at radius 3 is 2.70 bits per heavy atom. The molecule has 0 aromatic heterocycles. The smallest absolute Gasteiger partial charge is 0.264 e. The Hall–Kier alpha value is -2.82. The number of hydrogen-bond acceptors (Lipinski definition) is 3. The van der Waals surface area contributed by atoms with Crippen molar-refractivity contribution < 1.29 is 14.3 Å². The van der Waals surface area contributed by atoms with E-state index in [0.29, 0.717) is 22.7 Å². The maximum atomic E-state index is 12.5. The molecule has 2 aromatic rings. The highest BCUT2D eigenvalue weighted by molar-refractivity contribution is 6.09. The number of nitrogens with one attached hydrogen (secondary N) is 1. The van der Waals surface area contributed by atoms with E-state index in [-0.39, 0.29) is 18.4 Å². The summed E-state index contributed by atoms with van der Waals surface area (Å²) in [5.41, 5.74) is 3.92. The molecule has 1 heterocycles. The molecule has 0 fully saturated rings. The van der Waals surface area contributed by atoms with Crippen molar-refractivity contribution in [1.29, 1.82) is 0 Å². The van der Waals surface area contributed by atoms with Crippen LogP contribution >= 0.6 is 0 Å². The number of rotatable bonds is 2. The molecule has 0 radical (unpaired) electrons. The third-order valence-corrected chi connectivity index (χ3v) is 4.08. The van der Waals surface area contributed by atoms with E-state index in [1.54, 1.807) is 31.3 Å². The van der Waals surface area contributed by atoms with Crippen LogP contribution in [0, 0.1) is 13.8 Å². The first kappa shape index (κ1) is 15.1. The molecule has 0 saturated carbocycles. The SMILES string of the molecule is Cc1ccc(C(=O)Nc2cccc3c2N(C)C(=O)CO3)cc1C. The van der Waals surface area contributed by atoms with Crippen molar-refractivity contribution in [1.82, 2.24) is 0 Å². The summed E-state index contributed by atoms with van der Waals surface area (Å²) in [5, 5.41) is 2.87. The molecule has 1 N–H and O–H groups in total. The normalized spacial score (nSPS) is 13.3. The van der Waals surface area contributed by atoms with Gasteiger partial charge in [0, 0.05) is 12.6 Å². The number of hydrogen-bond donors (Lipinski definition) is 1. The highest BCUT2D eigenvalue weighted by Crippen LogP contribution is 2.38. The number of carbonyl (C=O) groups is 2. The number of aryl methyl sites for hydroxylation is 2. The summed E-state index contributed by atoms with van der Waals surface area (Å²) in [5.74, 6) is 0.225. The maximum Gasteiger partial charge on any atom is 0.264 e. The summed E-state index contributed by atoms with van der Waals surface area (Å²) in [7, 11) is 1.68. The molecule has 3 rings (SSSR count). The molecule has 5 nitrogen and oxygen atoms in total. The highest BCUT2D eigenvalue weighted by Gasteiger charge is 2.25. The minimum atomic E-state index is -0.215. The van der Waals surface area contributed by atoms with Crippen LogP contribution in [0.4, 0.5) is 11.4 Å². The van der Waals surface area contributed by atoms with Crippen LogP contribution in [0.1, 0.15) is 21.5 Å². The van der Waals surface area contributed by atoms with Gasteiger partial charge in [0.1, 0.15) is 11.4 Å². The average Bonchev–Trinajstić information content (AvgIpc) is 2.53. The highest BCUT2D eigenvalue weighted by atomic mass is 16.5. The minimum absolute atomic E-state index is 0.0120. The molecule has 0 unspecified atom stereocenters. The number of amides is 2. The second-order valence-corrected chi connectivity index (χ2v) is 5.65. The predicted octanol–water partition coefficient (Wildman–Crippen LogP) is 2.91. The van der Waals surface area contributed by atoms with E-state index in [1.165, 1.54) is 4.90 Å². The first-order chi connectivity index (χ1) is 11.0. The number of fused-ring (bicyclic) bond motifs is 1. The standard InChI is InChI=1S/C18H18N2O3/c1-11-7-8-13(9-12(11)2)18(22)19-14-5-4-6-15-17(14)20(3)16(21)10-23-15/h4-9H,10H2,1-3H3,(H,19,22). The molecule has 0 saturated heterocycles. The first-order valence-electron chi connectivity index (χ1n) is 7.38.